The van der Waals surface area contributed by atoms with Gasteiger partial charge in [0.2, 0.25) is 10.0 Å². The zero-order valence-electron chi connectivity index (χ0n) is 9.07. The molecule has 0 aliphatic rings. The van der Waals surface area contributed by atoms with Crippen molar-refractivity contribution in [2.24, 2.45) is 0 Å². The van der Waals surface area contributed by atoms with E-state index in [9.17, 15) is 13.5 Å². The van der Waals surface area contributed by atoms with Crippen LogP contribution in [0, 0.1) is 3.57 Å². The summed E-state index contributed by atoms with van der Waals surface area (Å²) in [5.74, 6) is 0. The molecule has 0 saturated heterocycles. The third kappa shape index (κ3) is 4.36. The molecule has 0 spiro atoms. The Morgan fingerprint density at radius 2 is 1.81 bits per heavy atom. The Morgan fingerprint density at radius 3 is 2.25 bits per heavy atom. The molecule has 1 aromatic carbocycles. The maximum atomic E-state index is 11.8. The molecule has 1 rings (SSSR count). The fourth-order valence-corrected chi connectivity index (χ4v) is 2.53. The normalized spacial score (nSPS) is 12.8. The van der Waals surface area contributed by atoms with Crippen LogP contribution in [0.1, 0.15) is 13.8 Å². The first-order chi connectivity index (χ1) is 7.21. The van der Waals surface area contributed by atoms with Gasteiger partial charge in [0.05, 0.1) is 10.5 Å². The average Bonchev–Trinajstić information content (AvgIpc) is 2.15. The van der Waals surface area contributed by atoms with E-state index in [1.165, 1.54) is 12.1 Å². The van der Waals surface area contributed by atoms with Crippen molar-refractivity contribution in [3.8, 4) is 0 Å². The fourth-order valence-electron chi connectivity index (χ4n) is 0.969. The van der Waals surface area contributed by atoms with Crippen molar-refractivity contribution in [2.75, 3.05) is 6.54 Å². The Kier molecular flexibility index (Phi) is 4.33. The second-order valence-electron chi connectivity index (χ2n) is 4.09. The lowest BCUT2D eigenvalue weighted by Crippen LogP contribution is -2.38. The van der Waals surface area contributed by atoms with E-state index in [1.54, 1.807) is 26.0 Å². The molecular formula is C10H14INO3S. The van der Waals surface area contributed by atoms with E-state index in [-0.39, 0.29) is 11.4 Å². The molecule has 0 saturated carbocycles. The van der Waals surface area contributed by atoms with Gasteiger partial charge >= 0.3 is 0 Å². The maximum Gasteiger partial charge on any atom is 0.240 e. The minimum atomic E-state index is -3.52. The predicted octanol–water partition coefficient (Wildman–Crippen LogP) is 1.34. The Labute approximate surface area is 109 Å². The summed E-state index contributed by atoms with van der Waals surface area (Å²) in [7, 11) is -3.52. The number of aliphatic hydroxyl groups is 1. The van der Waals surface area contributed by atoms with Crippen LogP contribution in [0.4, 0.5) is 0 Å². The van der Waals surface area contributed by atoms with Crippen molar-refractivity contribution in [1.29, 1.82) is 0 Å². The van der Waals surface area contributed by atoms with Crippen LogP contribution in [-0.4, -0.2) is 25.7 Å². The highest BCUT2D eigenvalue weighted by molar-refractivity contribution is 14.1. The summed E-state index contributed by atoms with van der Waals surface area (Å²) >= 11 is 2.10. The number of sulfonamides is 1. The van der Waals surface area contributed by atoms with Crippen molar-refractivity contribution in [2.45, 2.75) is 24.3 Å². The van der Waals surface area contributed by atoms with Gasteiger partial charge in [-0.25, -0.2) is 13.1 Å². The van der Waals surface area contributed by atoms with E-state index in [0.29, 0.717) is 0 Å². The van der Waals surface area contributed by atoms with Crippen LogP contribution in [0.25, 0.3) is 0 Å². The summed E-state index contributed by atoms with van der Waals surface area (Å²) in [6.07, 6.45) is 0. The van der Waals surface area contributed by atoms with E-state index in [4.69, 9.17) is 0 Å². The minimum Gasteiger partial charge on any atom is -0.389 e. The van der Waals surface area contributed by atoms with Crippen LogP contribution in [0.5, 0.6) is 0 Å². The van der Waals surface area contributed by atoms with Crippen molar-refractivity contribution >= 4 is 32.6 Å². The van der Waals surface area contributed by atoms with Crippen molar-refractivity contribution in [1.82, 2.24) is 4.72 Å². The van der Waals surface area contributed by atoms with Crippen LogP contribution in [0.3, 0.4) is 0 Å². The van der Waals surface area contributed by atoms with Crippen LogP contribution >= 0.6 is 22.6 Å². The van der Waals surface area contributed by atoms with Crippen LogP contribution in [0.2, 0.25) is 0 Å². The van der Waals surface area contributed by atoms with Gasteiger partial charge in [0.1, 0.15) is 0 Å². The molecule has 0 bridgehead atoms. The van der Waals surface area contributed by atoms with Gasteiger partial charge in [0.25, 0.3) is 0 Å². The number of nitrogens with one attached hydrogen (secondary N) is 1. The quantitative estimate of drug-likeness (QED) is 0.802. The third-order valence-electron chi connectivity index (χ3n) is 1.82. The molecular weight excluding hydrogens is 341 g/mol. The summed E-state index contributed by atoms with van der Waals surface area (Å²) < 4.78 is 26.9. The largest absolute Gasteiger partial charge is 0.389 e. The first kappa shape index (κ1) is 13.9. The predicted molar refractivity (Wildman–Crippen MR) is 70.6 cm³/mol. The molecule has 6 heteroatoms. The Morgan fingerprint density at radius 1 is 1.31 bits per heavy atom. The number of halogens is 1. The molecule has 0 aliphatic carbocycles. The highest BCUT2D eigenvalue weighted by Gasteiger charge is 2.19. The van der Waals surface area contributed by atoms with E-state index in [0.717, 1.165) is 3.57 Å². The zero-order valence-corrected chi connectivity index (χ0v) is 12.0. The van der Waals surface area contributed by atoms with Gasteiger partial charge < -0.3 is 5.11 Å². The molecule has 0 atom stereocenters. The molecule has 4 nitrogen and oxygen atoms in total. The van der Waals surface area contributed by atoms with Gasteiger partial charge in [0, 0.05) is 10.1 Å². The van der Waals surface area contributed by atoms with Gasteiger partial charge in [0.15, 0.2) is 0 Å². The van der Waals surface area contributed by atoms with Gasteiger partial charge in [-0.2, -0.15) is 0 Å². The lowest BCUT2D eigenvalue weighted by Gasteiger charge is -2.17. The van der Waals surface area contributed by atoms with E-state index < -0.39 is 15.6 Å². The highest BCUT2D eigenvalue weighted by Crippen LogP contribution is 2.12. The lowest BCUT2D eigenvalue weighted by molar-refractivity contribution is 0.0857. The van der Waals surface area contributed by atoms with Crippen molar-refractivity contribution < 1.29 is 13.5 Å². The number of hydrogen-bond donors (Lipinski definition) is 2. The summed E-state index contributed by atoms with van der Waals surface area (Å²) in [6, 6.07) is 6.52. The first-order valence-corrected chi connectivity index (χ1v) is 7.24. The summed E-state index contributed by atoms with van der Waals surface area (Å²) in [5.41, 5.74) is -1.06. The smallest absolute Gasteiger partial charge is 0.240 e. The summed E-state index contributed by atoms with van der Waals surface area (Å²) in [6.45, 7) is 3.08. The third-order valence-corrected chi connectivity index (χ3v) is 3.96. The summed E-state index contributed by atoms with van der Waals surface area (Å²) in [5, 5.41) is 9.44. The van der Waals surface area contributed by atoms with E-state index in [2.05, 4.69) is 27.3 Å². The molecule has 0 aromatic heterocycles. The zero-order chi connectivity index (χ0) is 12.4. The number of rotatable bonds is 4. The van der Waals surface area contributed by atoms with E-state index >= 15 is 0 Å². The van der Waals surface area contributed by atoms with Crippen molar-refractivity contribution in [3.63, 3.8) is 0 Å². The van der Waals surface area contributed by atoms with Gasteiger partial charge in [-0.15, -0.1) is 0 Å². The van der Waals surface area contributed by atoms with Gasteiger partial charge in [-0.05, 0) is 60.7 Å². The molecule has 2 N–H and O–H groups in total. The van der Waals surface area contributed by atoms with Crippen molar-refractivity contribution in [3.05, 3.63) is 27.8 Å². The molecule has 1 aromatic rings. The Balaban J connectivity index is 2.83. The first-order valence-electron chi connectivity index (χ1n) is 4.68. The Hall–Kier alpha value is -0.180. The second-order valence-corrected chi connectivity index (χ2v) is 7.10. The minimum absolute atomic E-state index is 0.0126. The lowest BCUT2D eigenvalue weighted by atomic mass is 10.1. The average molecular weight is 355 g/mol. The van der Waals surface area contributed by atoms with Gasteiger partial charge in [-0.1, -0.05) is 0 Å². The SMILES string of the molecule is CC(C)(O)CNS(=O)(=O)c1ccc(I)cc1. The Bertz CT molecular complexity index is 448. The number of benzene rings is 1. The highest BCUT2D eigenvalue weighted by atomic mass is 127. The van der Waals surface area contributed by atoms with Gasteiger partial charge in [-0.3, -0.25) is 0 Å². The maximum absolute atomic E-state index is 11.8. The standard InChI is InChI=1S/C10H14INO3S/c1-10(2,13)7-12-16(14,15)9-5-3-8(11)4-6-9/h3-6,12-13H,7H2,1-2H3. The number of hydrogen-bond acceptors (Lipinski definition) is 3. The fraction of sp³-hybridized carbons (Fsp3) is 0.400. The topological polar surface area (TPSA) is 66.4 Å². The summed E-state index contributed by atoms with van der Waals surface area (Å²) in [4.78, 5) is 0.206. The molecule has 0 aliphatic heterocycles. The van der Waals surface area contributed by atoms with Crippen LogP contribution < -0.4 is 4.72 Å². The monoisotopic (exact) mass is 355 g/mol. The second kappa shape index (κ2) is 4.99. The van der Waals surface area contributed by atoms with Crippen LogP contribution in [0.15, 0.2) is 29.2 Å². The van der Waals surface area contributed by atoms with Crippen LogP contribution in [-0.2, 0) is 10.0 Å². The molecule has 0 radical (unpaired) electrons. The molecule has 0 heterocycles. The molecule has 0 unspecified atom stereocenters. The van der Waals surface area contributed by atoms with E-state index in [1.807, 2.05) is 0 Å². The molecule has 0 amide bonds. The molecule has 0 fully saturated rings. The molecule has 16 heavy (non-hydrogen) atoms. The molecule has 90 valence electrons.